The van der Waals surface area contributed by atoms with E-state index < -0.39 is 10.0 Å². The van der Waals surface area contributed by atoms with Crippen molar-refractivity contribution in [3.63, 3.8) is 0 Å². The van der Waals surface area contributed by atoms with Crippen molar-refractivity contribution in [3.8, 4) is 17.2 Å². The third kappa shape index (κ3) is 5.52. The van der Waals surface area contributed by atoms with E-state index in [-0.39, 0.29) is 29.6 Å². The first-order valence-electron chi connectivity index (χ1n) is 10.6. The number of hydrogen-bond donors (Lipinski definition) is 0. The molecule has 1 heterocycles. The Morgan fingerprint density at radius 1 is 0.938 bits per heavy atom. The van der Waals surface area contributed by atoms with Crippen LogP contribution in [-0.2, 0) is 21.2 Å². The summed E-state index contributed by atoms with van der Waals surface area (Å²) in [5.74, 6) is 1.54. The van der Waals surface area contributed by atoms with Gasteiger partial charge in [0.05, 0.1) is 20.8 Å². The molecule has 1 fully saturated rings. The van der Waals surface area contributed by atoms with Gasteiger partial charge in [0, 0.05) is 38.7 Å². The number of hydrogen-bond acceptors (Lipinski definition) is 6. The summed E-state index contributed by atoms with van der Waals surface area (Å²) in [4.78, 5) is 14.4. The van der Waals surface area contributed by atoms with E-state index in [9.17, 15) is 13.2 Å². The lowest BCUT2D eigenvalue weighted by Crippen LogP contribution is -2.50. The van der Waals surface area contributed by atoms with Crippen molar-refractivity contribution < 1.29 is 27.4 Å². The van der Waals surface area contributed by atoms with Gasteiger partial charge in [0.1, 0.15) is 22.1 Å². The Kier molecular flexibility index (Phi) is 7.98. The summed E-state index contributed by atoms with van der Waals surface area (Å²) in [5, 5.41) is 0. The molecule has 1 amide bonds. The van der Waals surface area contributed by atoms with E-state index in [1.165, 1.54) is 24.6 Å². The number of rotatable bonds is 9. The standard InChI is InChI=1S/C23H30N2O6S/c1-4-31-19-8-5-18(6-9-19)7-12-23(26)24-13-15-25(16-14-24)32(27,28)22-17-20(29-2)10-11-21(22)30-3/h5-6,8-11,17H,4,7,12-16H2,1-3H3. The van der Waals surface area contributed by atoms with Gasteiger partial charge in [-0.05, 0) is 43.2 Å². The summed E-state index contributed by atoms with van der Waals surface area (Å²) >= 11 is 0. The van der Waals surface area contributed by atoms with Crippen LogP contribution in [-0.4, -0.2) is 70.5 Å². The normalized spacial score (nSPS) is 14.8. The van der Waals surface area contributed by atoms with Crippen molar-refractivity contribution in [2.45, 2.75) is 24.7 Å². The molecule has 9 heteroatoms. The number of piperazine rings is 1. The van der Waals surface area contributed by atoms with E-state index in [4.69, 9.17) is 14.2 Å². The predicted molar refractivity (Wildman–Crippen MR) is 121 cm³/mol. The van der Waals surface area contributed by atoms with Crippen LogP contribution in [0.3, 0.4) is 0 Å². The molecule has 1 saturated heterocycles. The van der Waals surface area contributed by atoms with Gasteiger partial charge in [0.25, 0.3) is 0 Å². The summed E-state index contributed by atoms with van der Waals surface area (Å²) in [6, 6.07) is 12.4. The highest BCUT2D eigenvalue weighted by Gasteiger charge is 2.32. The van der Waals surface area contributed by atoms with Gasteiger partial charge in [0.15, 0.2) is 0 Å². The molecule has 0 aliphatic carbocycles. The minimum absolute atomic E-state index is 0.0230. The maximum absolute atomic E-state index is 13.2. The molecule has 8 nitrogen and oxygen atoms in total. The molecule has 2 aromatic carbocycles. The van der Waals surface area contributed by atoms with Gasteiger partial charge >= 0.3 is 0 Å². The highest BCUT2D eigenvalue weighted by Crippen LogP contribution is 2.31. The molecule has 2 aromatic rings. The Labute approximate surface area is 189 Å². The van der Waals surface area contributed by atoms with E-state index in [0.717, 1.165) is 11.3 Å². The zero-order chi connectivity index (χ0) is 23.1. The molecule has 3 rings (SSSR count). The largest absolute Gasteiger partial charge is 0.497 e. The third-order valence-corrected chi connectivity index (χ3v) is 7.36. The second-order valence-corrected chi connectivity index (χ2v) is 9.28. The molecule has 0 saturated carbocycles. The fourth-order valence-electron chi connectivity index (χ4n) is 3.63. The fourth-order valence-corrected chi connectivity index (χ4v) is 5.22. The van der Waals surface area contributed by atoms with Crippen LogP contribution in [0, 0.1) is 0 Å². The van der Waals surface area contributed by atoms with Crippen LogP contribution in [0.5, 0.6) is 17.2 Å². The molecule has 1 aliphatic heterocycles. The van der Waals surface area contributed by atoms with Crippen LogP contribution in [0.2, 0.25) is 0 Å². The molecular weight excluding hydrogens is 432 g/mol. The van der Waals surface area contributed by atoms with Crippen LogP contribution in [0.15, 0.2) is 47.4 Å². The fraction of sp³-hybridized carbons (Fsp3) is 0.435. The number of aryl methyl sites for hydroxylation is 1. The maximum atomic E-state index is 13.2. The van der Waals surface area contributed by atoms with Crippen molar-refractivity contribution >= 4 is 15.9 Å². The molecule has 1 aliphatic rings. The highest BCUT2D eigenvalue weighted by molar-refractivity contribution is 7.89. The predicted octanol–water partition coefficient (Wildman–Crippen LogP) is 2.57. The molecular formula is C23H30N2O6S. The highest BCUT2D eigenvalue weighted by atomic mass is 32.2. The average molecular weight is 463 g/mol. The van der Waals surface area contributed by atoms with Crippen LogP contribution in [0.1, 0.15) is 18.9 Å². The summed E-state index contributed by atoms with van der Waals surface area (Å²) in [6.07, 6.45) is 1.01. The number of amides is 1. The van der Waals surface area contributed by atoms with Gasteiger partial charge in [-0.3, -0.25) is 4.79 Å². The van der Waals surface area contributed by atoms with Crippen LogP contribution < -0.4 is 14.2 Å². The molecule has 0 radical (unpaired) electrons. The zero-order valence-electron chi connectivity index (χ0n) is 18.7. The molecule has 174 valence electrons. The Hall–Kier alpha value is -2.78. The average Bonchev–Trinajstić information content (AvgIpc) is 2.83. The quantitative estimate of drug-likeness (QED) is 0.569. The number of methoxy groups -OCH3 is 2. The first kappa shape index (κ1) is 23.9. The second kappa shape index (κ2) is 10.7. The Bertz CT molecular complexity index is 1020. The third-order valence-electron chi connectivity index (χ3n) is 5.44. The lowest BCUT2D eigenvalue weighted by Gasteiger charge is -2.34. The number of ether oxygens (including phenoxy) is 3. The first-order valence-corrected chi connectivity index (χ1v) is 12.0. The zero-order valence-corrected chi connectivity index (χ0v) is 19.6. The maximum Gasteiger partial charge on any atom is 0.247 e. The van der Waals surface area contributed by atoms with Gasteiger partial charge < -0.3 is 19.1 Å². The molecule has 0 spiro atoms. The Morgan fingerprint density at radius 3 is 2.19 bits per heavy atom. The van der Waals surface area contributed by atoms with Crippen molar-refractivity contribution in [2.75, 3.05) is 47.0 Å². The lowest BCUT2D eigenvalue weighted by molar-refractivity contribution is -0.132. The van der Waals surface area contributed by atoms with Crippen LogP contribution in [0.25, 0.3) is 0 Å². The van der Waals surface area contributed by atoms with E-state index in [1.807, 2.05) is 31.2 Å². The number of benzene rings is 2. The van der Waals surface area contributed by atoms with E-state index in [0.29, 0.717) is 38.3 Å². The Balaban J connectivity index is 1.57. The number of carbonyl (C=O) groups excluding carboxylic acids is 1. The molecule has 0 unspecified atom stereocenters. The van der Waals surface area contributed by atoms with E-state index in [1.54, 1.807) is 17.0 Å². The summed E-state index contributed by atoms with van der Waals surface area (Å²) in [7, 11) is -0.858. The minimum Gasteiger partial charge on any atom is -0.497 e. The van der Waals surface area contributed by atoms with Gasteiger partial charge in [0.2, 0.25) is 15.9 Å². The number of nitrogens with zero attached hydrogens (tertiary/aromatic N) is 2. The van der Waals surface area contributed by atoms with Gasteiger partial charge in [-0.15, -0.1) is 0 Å². The smallest absolute Gasteiger partial charge is 0.247 e. The molecule has 32 heavy (non-hydrogen) atoms. The van der Waals surface area contributed by atoms with Gasteiger partial charge in [-0.25, -0.2) is 8.42 Å². The van der Waals surface area contributed by atoms with E-state index in [2.05, 4.69) is 0 Å². The lowest BCUT2D eigenvalue weighted by atomic mass is 10.1. The monoisotopic (exact) mass is 462 g/mol. The minimum atomic E-state index is -3.77. The van der Waals surface area contributed by atoms with Crippen LogP contribution >= 0.6 is 0 Å². The topological polar surface area (TPSA) is 85.4 Å². The Morgan fingerprint density at radius 2 is 1.59 bits per heavy atom. The molecule has 0 atom stereocenters. The van der Waals surface area contributed by atoms with Crippen molar-refractivity contribution in [1.82, 2.24) is 9.21 Å². The van der Waals surface area contributed by atoms with Crippen molar-refractivity contribution in [1.29, 1.82) is 0 Å². The van der Waals surface area contributed by atoms with Crippen LogP contribution in [0.4, 0.5) is 0 Å². The molecule has 0 N–H and O–H groups in total. The summed E-state index contributed by atoms with van der Waals surface area (Å²) < 4.78 is 43.6. The molecule has 0 aromatic heterocycles. The number of sulfonamides is 1. The van der Waals surface area contributed by atoms with E-state index >= 15 is 0 Å². The molecule has 0 bridgehead atoms. The number of carbonyl (C=O) groups is 1. The summed E-state index contributed by atoms with van der Waals surface area (Å²) in [5.41, 5.74) is 1.06. The SMILES string of the molecule is CCOc1ccc(CCC(=O)N2CCN(S(=O)(=O)c3cc(OC)ccc3OC)CC2)cc1. The second-order valence-electron chi connectivity index (χ2n) is 7.38. The van der Waals surface area contributed by atoms with Gasteiger partial charge in [-0.2, -0.15) is 4.31 Å². The van der Waals surface area contributed by atoms with Gasteiger partial charge in [-0.1, -0.05) is 12.1 Å². The summed E-state index contributed by atoms with van der Waals surface area (Å²) in [6.45, 7) is 3.73. The van der Waals surface area contributed by atoms with Crippen molar-refractivity contribution in [3.05, 3.63) is 48.0 Å². The van der Waals surface area contributed by atoms with Crippen molar-refractivity contribution in [2.24, 2.45) is 0 Å². The first-order chi connectivity index (χ1) is 15.4.